The minimum Gasteiger partial charge on any atom is -0.486 e. The van der Waals surface area contributed by atoms with E-state index in [-0.39, 0.29) is 24.6 Å². The van der Waals surface area contributed by atoms with E-state index in [1.807, 2.05) is 0 Å². The summed E-state index contributed by atoms with van der Waals surface area (Å²) < 4.78 is 15.8. The van der Waals surface area contributed by atoms with Gasteiger partial charge in [0.25, 0.3) is 0 Å². The molecule has 0 aliphatic carbocycles. The predicted molar refractivity (Wildman–Crippen MR) is 58.6 cm³/mol. The molecule has 1 heterocycles. The third-order valence-corrected chi connectivity index (χ3v) is 2.20. The Bertz CT molecular complexity index is 435. The van der Waals surface area contributed by atoms with Crippen LogP contribution < -0.4 is 19.9 Å². The Hall–Kier alpha value is -2.02. The molecule has 0 radical (unpaired) electrons. The van der Waals surface area contributed by atoms with Crippen LogP contribution in [0.25, 0.3) is 0 Å². The first-order valence-corrected chi connectivity index (χ1v) is 5.13. The second-order valence-corrected chi connectivity index (χ2v) is 3.36. The summed E-state index contributed by atoms with van der Waals surface area (Å²) in [5.41, 5.74) is 5.14. The molecule has 2 N–H and O–H groups in total. The van der Waals surface area contributed by atoms with Crippen molar-refractivity contribution in [2.75, 3.05) is 26.4 Å². The highest BCUT2D eigenvalue weighted by atomic mass is 16.6. The fraction of sp³-hybridized carbons (Fsp3) is 0.400. The Kier molecular flexibility index (Phi) is 3.29. The van der Waals surface area contributed by atoms with Crippen molar-refractivity contribution in [3.05, 3.63) is 22.2 Å². The van der Waals surface area contributed by atoms with Gasteiger partial charge in [-0.25, -0.2) is 0 Å². The van der Waals surface area contributed by atoms with E-state index in [2.05, 4.69) is 0 Å². The summed E-state index contributed by atoms with van der Waals surface area (Å²) in [6.07, 6.45) is 0. The topological polar surface area (TPSA) is 96.9 Å². The van der Waals surface area contributed by atoms with Crippen LogP contribution in [0.1, 0.15) is 0 Å². The number of nitrogens with zero attached hydrogens (tertiary/aromatic N) is 1. The van der Waals surface area contributed by atoms with E-state index in [0.717, 1.165) is 0 Å². The van der Waals surface area contributed by atoms with Crippen molar-refractivity contribution in [2.45, 2.75) is 0 Å². The van der Waals surface area contributed by atoms with Crippen LogP contribution >= 0.6 is 0 Å². The molecule has 0 saturated heterocycles. The Morgan fingerprint density at radius 3 is 2.59 bits per heavy atom. The minimum atomic E-state index is -0.524. The third-order valence-electron chi connectivity index (χ3n) is 2.20. The van der Waals surface area contributed by atoms with Gasteiger partial charge in [-0.1, -0.05) is 0 Å². The SMILES string of the molecule is NCCOc1cc2c(cc1[N+](=O)[O-])OCCO2. The first-order valence-electron chi connectivity index (χ1n) is 5.13. The van der Waals surface area contributed by atoms with Crippen LogP contribution in [0.15, 0.2) is 12.1 Å². The summed E-state index contributed by atoms with van der Waals surface area (Å²) in [6, 6.07) is 2.77. The molecule has 0 aromatic heterocycles. The van der Waals surface area contributed by atoms with Crippen LogP contribution in [0.3, 0.4) is 0 Å². The third kappa shape index (κ3) is 2.39. The molecule has 0 amide bonds. The Morgan fingerprint density at radius 2 is 2.00 bits per heavy atom. The van der Waals surface area contributed by atoms with E-state index >= 15 is 0 Å². The van der Waals surface area contributed by atoms with Crippen molar-refractivity contribution in [1.29, 1.82) is 0 Å². The lowest BCUT2D eigenvalue weighted by Crippen LogP contribution is -2.16. The quantitative estimate of drug-likeness (QED) is 0.614. The van der Waals surface area contributed by atoms with Gasteiger partial charge in [-0.15, -0.1) is 0 Å². The Labute approximate surface area is 97.2 Å². The van der Waals surface area contributed by atoms with Crippen LogP contribution in [-0.2, 0) is 0 Å². The van der Waals surface area contributed by atoms with Crippen molar-refractivity contribution >= 4 is 5.69 Å². The van der Waals surface area contributed by atoms with Crippen LogP contribution in [0.4, 0.5) is 5.69 Å². The zero-order valence-corrected chi connectivity index (χ0v) is 9.05. The van der Waals surface area contributed by atoms with Crippen LogP contribution in [0.5, 0.6) is 17.2 Å². The average molecular weight is 240 g/mol. The predicted octanol–water partition coefficient (Wildman–Crippen LogP) is 0.703. The monoisotopic (exact) mass is 240 g/mol. The van der Waals surface area contributed by atoms with E-state index in [0.29, 0.717) is 24.7 Å². The number of nitro benzene ring substituents is 1. The Morgan fingerprint density at radius 1 is 1.35 bits per heavy atom. The van der Waals surface area contributed by atoms with Crippen molar-refractivity contribution in [2.24, 2.45) is 5.73 Å². The van der Waals surface area contributed by atoms with Crippen molar-refractivity contribution < 1.29 is 19.1 Å². The summed E-state index contributed by atoms with van der Waals surface area (Å²) in [5.74, 6) is 0.960. The fourth-order valence-corrected chi connectivity index (χ4v) is 1.49. The number of nitro groups is 1. The summed E-state index contributed by atoms with van der Waals surface area (Å²) in [4.78, 5) is 10.3. The number of ether oxygens (including phenoxy) is 3. The zero-order valence-electron chi connectivity index (χ0n) is 9.05. The molecule has 7 nitrogen and oxygen atoms in total. The number of hydrogen-bond donors (Lipinski definition) is 1. The number of benzene rings is 1. The van der Waals surface area contributed by atoms with Gasteiger partial charge in [-0.2, -0.15) is 0 Å². The van der Waals surface area contributed by atoms with Crippen LogP contribution in [0, 0.1) is 10.1 Å². The largest absolute Gasteiger partial charge is 0.486 e. The van der Waals surface area contributed by atoms with Crippen molar-refractivity contribution in [1.82, 2.24) is 0 Å². The standard InChI is InChI=1S/C10H12N2O5/c11-1-2-15-8-6-10-9(16-3-4-17-10)5-7(8)12(13)14/h5-6H,1-4,11H2. The molecule has 2 rings (SSSR count). The molecule has 0 spiro atoms. The lowest BCUT2D eigenvalue weighted by atomic mass is 10.2. The lowest BCUT2D eigenvalue weighted by Gasteiger charge is -2.18. The molecule has 0 fully saturated rings. The lowest BCUT2D eigenvalue weighted by molar-refractivity contribution is -0.386. The highest BCUT2D eigenvalue weighted by Crippen LogP contribution is 2.40. The van der Waals surface area contributed by atoms with E-state index < -0.39 is 4.92 Å². The molecule has 1 aromatic rings. The van der Waals surface area contributed by atoms with Gasteiger partial charge in [0.05, 0.1) is 11.0 Å². The molecule has 0 bridgehead atoms. The maximum atomic E-state index is 10.9. The second-order valence-electron chi connectivity index (χ2n) is 3.36. The Balaban J connectivity index is 2.37. The number of fused-ring (bicyclic) bond motifs is 1. The van der Waals surface area contributed by atoms with E-state index in [1.165, 1.54) is 12.1 Å². The zero-order chi connectivity index (χ0) is 12.3. The molecule has 7 heteroatoms. The minimum absolute atomic E-state index is 0.143. The van der Waals surface area contributed by atoms with Gasteiger partial charge in [-0.05, 0) is 0 Å². The van der Waals surface area contributed by atoms with Crippen molar-refractivity contribution in [3.8, 4) is 17.2 Å². The highest BCUT2D eigenvalue weighted by molar-refractivity contribution is 5.58. The van der Waals surface area contributed by atoms with Gasteiger partial charge in [0.15, 0.2) is 11.5 Å². The van der Waals surface area contributed by atoms with Gasteiger partial charge in [-0.3, -0.25) is 10.1 Å². The molecular formula is C10H12N2O5. The van der Waals surface area contributed by atoms with Gasteiger partial charge in [0, 0.05) is 12.6 Å². The van der Waals surface area contributed by atoms with Gasteiger partial charge < -0.3 is 19.9 Å². The number of nitrogens with two attached hydrogens (primary N) is 1. The van der Waals surface area contributed by atoms with E-state index in [4.69, 9.17) is 19.9 Å². The maximum absolute atomic E-state index is 10.9. The van der Waals surface area contributed by atoms with E-state index in [1.54, 1.807) is 0 Å². The molecule has 0 atom stereocenters. The second kappa shape index (κ2) is 4.88. The first kappa shape index (κ1) is 11.5. The van der Waals surface area contributed by atoms with Crippen LogP contribution in [-0.4, -0.2) is 31.3 Å². The number of rotatable bonds is 4. The number of hydrogen-bond acceptors (Lipinski definition) is 6. The normalized spacial score (nSPS) is 13.2. The molecule has 0 unspecified atom stereocenters. The molecule has 1 aliphatic heterocycles. The molecule has 1 aromatic carbocycles. The van der Waals surface area contributed by atoms with Crippen LogP contribution in [0.2, 0.25) is 0 Å². The average Bonchev–Trinajstić information content (AvgIpc) is 2.35. The smallest absolute Gasteiger partial charge is 0.314 e. The summed E-state index contributed by atoms with van der Waals surface area (Å²) in [5, 5.41) is 10.9. The van der Waals surface area contributed by atoms with Gasteiger partial charge in [0.1, 0.15) is 19.8 Å². The highest BCUT2D eigenvalue weighted by Gasteiger charge is 2.23. The van der Waals surface area contributed by atoms with E-state index in [9.17, 15) is 10.1 Å². The summed E-state index contributed by atoms with van der Waals surface area (Å²) in [7, 11) is 0. The summed E-state index contributed by atoms with van der Waals surface area (Å²) >= 11 is 0. The van der Waals surface area contributed by atoms with Gasteiger partial charge >= 0.3 is 5.69 Å². The molecule has 17 heavy (non-hydrogen) atoms. The molecular weight excluding hydrogens is 228 g/mol. The summed E-state index contributed by atoms with van der Waals surface area (Å²) in [6.45, 7) is 1.29. The molecule has 0 saturated carbocycles. The van der Waals surface area contributed by atoms with Crippen molar-refractivity contribution in [3.63, 3.8) is 0 Å². The molecule has 1 aliphatic rings. The maximum Gasteiger partial charge on any atom is 0.314 e. The van der Waals surface area contributed by atoms with Gasteiger partial charge in [0.2, 0.25) is 5.75 Å². The first-order chi connectivity index (χ1) is 8.22. The fourth-order valence-electron chi connectivity index (χ4n) is 1.49. The molecule has 92 valence electrons.